The number of hydrogen-bond acceptors (Lipinski definition) is 5. The third-order valence-corrected chi connectivity index (χ3v) is 3.50. The van der Waals surface area contributed by atoms with E-state index in [0.717, 1.165) is 37.9 Å². The standard InChI is InChI=1S/C12H22N4O/c1-3-16(2)12-14-11(17-15-12)5-4-10-6-8-13-9-7-10/h10,13H,3-9H2,1-2H3. The second-order valence-electron chi connectivity index (χ2n) is 4.73. The van der Waals surface area contributed by atoms with E-state index in [4.69, 9.17) is 4.52 Å². The van der Waals surface area contributed by atoms with E-state index in [0.29, 0.717) is 5.95 Å². The normalized spacial score (nSPS) is 17.3. The highest BCUT2D eigenvalue weighted by molar-refractivity contribution is 5.24. The number of anilines is 1. The van der Waals surface area contributed by atoms with Crippen molar-refractivity contribution in [2.24, 2.45) is 5.92 Å². The summed E-state index contributed by atoms with van der Waals surface area (Å²) in [5, 5.41) is 7.36. The van der Waals surface area contributed by atoms with E-state index >= 15 is 0 Å². The van der Waals surface area contributed by atoms with E-state index in [-0.39, 0.29) is 0 Å². The largest absolute Gasteiger partial charge is 0.342 e. The smallest absolute Gasteiger partial charge is 0.265 e. The van der Waals surface area contributed by atoms with Crippen molar-refractivity contribution in [2.75, 3.05) is 31.6 Å². The van der Waals surface area contributed by atoms with Gasteiger partial charge in [0.05, 0.1) is 0 Å². The van der Waals surface area contributed by atoms with Crippen LogP contribution in [0.2, 0.25) is 0 Å². The summed E-state index contributed by atoms with van der Waals surface area (Å²) < 4.78 is 5.26. The molecule has 0 radical (unpaired) electrons. The van der Waals surface area contributed by atoms with Gasteiger partial charge in [0.15, 0.2) is 0 Å². The van der Waals surface area contributed by atoms with E-state index in [1.54, 1.807) is 0 Å². The van der Waals surface area contributed by atoms with Gasteiger partial charge in [-0.05, 0) is 50.4 Å². The molecule has 17 heavy (non-hydrogen) atoms. The van der Waals surface area contributed by atoms with Crippen molar-refractivity contribution in [1.82, 2.24) is 15.5 Å². The number of hydrogen-bond donors (Lipinski definition) is 1. The number of aryl methyl sites for hydroxylation is 1. The zero-order valence-corrected chi connectivity index (χ0v) is 10.8. The topological polar surface area (TPSA) is 54.2 Å². The van der Waals surface area contributed by atoms with Gasteiger partial charge in [-0.3, -0.25) is 0 Å². The first-order chi connectivity index (χ1) is 8.29. The van der Waals surface area contributed by atoms with Crippen LogP contribution in [0.25, 0.3) is 0 Å². The Balaban J connectivity index is 1.80. The van der Waals surface area contributed by atoms with Crippen LogP contribution in [0.5, 0.6) is 0 Å². The maximum atomic E-state index is 5.26. The van der Waals surface area contributed by atoms with Crippen LogP contribution in [0, 0.1) is 5.92 Å². The Morgan fingerprint density at radius 2 is 2.18 bits per heavy atom. The minimum Gasteiger partial charge on any atom is -0.342 e. The highest BCUT2D eigenvalue weighted by Gasteiger charge is 2.15. The number of rotatable bonds is 5. The molecule has 5 heteroatoms. The van der Waals surface area contributed by atoms with E-state index in [1.165, 1.54) is 19.3 Å². The van der Waals surface area contributed by atoms with E-state index in [1.807, 2.05) is 11.9 Å². The molecule has 1 fully saturated rings. The molecule has 0 bridgehead atoms. The maximum Gasteiger partial charge on any atom is 0.265 e. The van der Waals surface area contributed by atoms with Gasteiger partial charge in [0.1, 0.15) is 0 Å². The van der Waals surface area contributed by atoms with Crippen molar-refractivity contribution in [3.63, 3.8) is 0 Å². The average Bonchev–Trinajstić information content (AvgIpc) is 2.85. The van der Waals surface area contributed by atoms with Gasteiger partial charge in [-0.15, -0.1) is 0 Å². The van der Waals surface area contributed by atoms with Crippen LogP contribution in [-0.4, -0.2) is 36.8 Å². The fraction of sp³-hybridized carbons (Fsp3) is 0.833. The Kier molecular flexibility index (Phi) is 4.36. The minimum absolute atomic E-state index is 0.702. The van der Waals surface area contributed by atoms with Gasteiger partial charge in [0, 0.05) is 20.0 Å². The fourth-order valence-corrected chi connectivity index (χ4v) is 2.14. The summed E-state index contributed by atoms with van der Waals surface area (Å²) in [6.45, 7) is 5.27. The quantitative estimate of drug-likeness (QED) is 0.841. The summed E-state index contributed by atoms with van der Waals surface area (Å²) in [5.41, 5.74) is 0. The van der Waals surface area contributed by atoms with Crippen molar-refractivity contribution in [2.45, 2.75) is 32.6 Å². The minimum atomic E-state index is 0.702. The monoisotopic (exact) mass is 238 g/mol. The van der Waals surface area contributed by atoms with Gasteiger partial charge >= 0.3 is 0 Å². The molecule has 0 aliphatic carbocycles. The number of aromatic nitrogens is 2. The zero-order chi connectivity index (χ0) is 12.1. The molecular weight excluding hydrogens is 216 g/mol. The molecule has 1 saturated heterocycles. The Bertz CT molecular complexity index is 333. The second-order valence-corrected chi connectivity index (χ2v) is 4.73. The van der Waals surface area contributed by atoms with Crippen molar-refractivity contribution in [1.29, 1.82) is 0 Å². The molecule has 0 saturated carbocycles. The lowest BCUT2D eigenvalue weighted by Gasteiger charge is -2.21. The molecule has 1 aliphatic heterocycles. The first kappa shape index (κ1) is 12.4. The molecule has 1 N–H and O–H groups in total. The van der Waals surface area contributed by atoms with Crippen molar-refractivity contribution in [3.8, 4) is 0 Å². The van der Waals surface area contributed by atoms with Crippen LogP contribution in [-0.2, 0) is 6.42 Å². The van der Waals surface area contributed by atoms with Crippen LogP contribution in [0.15, 0.2) is 4.52 Å². The van der Waals surface area contributed by atoms with Crippen molar-refractivity contribution < 1.29 is 4.52 Å². The van der Waals surface area contributed by atoms with Gasteiger partial charge in [-0.2, -0.15) is 4.98 Å². The molecule has 2 heterocycles. The third kappa shape index (κ3) is 3.43. The second kappa shape index (κ2) is 6.00. The van der Waals surface area contributed by atoms with Crippen LogP contribution >= 0.6 is 0 Å². The number of nitrogens with one attached hydrogen (secondary N) is 1. The van der Waals surface area contributed by atoms with Crippen LogP contribution in [0.1, 0.15) is 32.1 Å². The average molecular weight is 238 g/mol. The molecule has 0 atom stereocenters. The molecule has 0 amide bonds. The Hall–Kier alpha value is -1.10. The molecule has 1 aliphatic rings. The Morgan fingerprint density at radius 1 is 1.41 bits per heavy atom. The molecule has 2 rings (SSSR count). The first-order valence-corrected chi connectivity index (χ1v) is 6.54. The van der Waals surface area contributed by atoms with Gasteiger partial charge < -0.3 is 14.7 Å². The molecule has 1 aromatic rings. The molecule has 0 aromatic carbocycles. The highest BCUT2D eigenvalue weighted by Crippen LogP contribution is 2.18. The lowest BCUT2D eigenvalue weighted by molar-refractivity contribution is 0.324. The molecule has 5 nitrogen and oxygen atoms in total. The van der Waals surface area contributed by atoms with E-state index < -0.39 is 0 Å². The number of piperidine rings is 1. The summed E-state index contributed by atoms with van der Waals surface area (Å²) in [4.78, 5) is 6.38. The summed E-state index contributed by atoms with van der Waals surface area (Å²) in [7, 11) is 1.97. The predicted molar refractivity (Wildman–Crippen MR) is 67.2 cm³/mol. The summed E-state index contributed by atoms with van der Waals surface area (Å²) >= 11 is 0. The summed E-state index contributed by atoms with van der Waals surface area (Å²) in [6.07, 6.45) is 4.63. The van der Waals surface area contributed by atoms with E-state index in [9.17, 15) is 0 Å². The number of nitrogens with zero attached hydrogens (tertiary/aromatic N) is 3. The maximum absolute atomic E-state index is 5.26. The van der Waals surface area contributed by atoms with Crippen LogP contribution in [0.4, 0.5) is 5.95 Å². The van der Waals surface area contributed by atoms with Crippen LogP contribution in [0.3, 0.4) is 0 Å². The van der Waals surface area contributed by atoms with Crippen LogP contribution < -0.4 is 10.2 Å². The Morgan fingerprint density at radius 3 is 2.88 bits per heavy atom. The predicted octanol–water partition coefficient (Wildman–Crippen LogP) is 1.46. The third-order valence-electron chi connectivity index (χ3n) is 3.50. The molecule has 0 unspecified atom stereocenters. The highest BCUT2D eigenvalue weighted by atomic mass is 16.5. The molecule has 96 valence electrons. The molecular formula is C12H22N4O. The van der Waals surface area contributed by atoms with Crippen molar-refractivity contribution in [3.05, 3.63) is 5.89 Å². The summed E-state index contributed by atoms with van der Waals surface area (Å²) in [5.74, 6) is 2.29. The van der Waals surface area contributed by atoms with Gasteiger partial charge in [-0.25, -0.2) is 0 Å². The summed E-state index contributed by atoms with van der Waals surface area (Å²) in [6, 6.07) is 0. The molecule has 1 aromatic heterocycles. The fourth-order valence-electron chi connectivity index (χ4n) is 2.14. The Labute approximate surface area is 103 Å². The van der Waals surface area contributed by atoms with Gasteiger partial charge in [-0.1, -0.05) is 0 Å². The molecule has 0 spiro atoms. The van der Waals surface area contributed by atoms with E-state index in [2.05, 4.69) is 22.4 Å². The SMILES string of the molecule is CCN(C)c1noc(CCC2CCNCC2)n1. The lowest BCUT2D eigenvalue weighted by atomic mass is 9.93. The zero-order valence-electron chi connectivity index (χ0n) is 10.8. The van der Waals surface area contributed by atoms with Crippen molar-refractivity contribution >= 4 is 5.95 Å². The van der Waals surface area contributed by atoms with Gasteiger partial charge in [0.2, 0.25) is 5.89 Å². The van der Waals surface area contributed by atoms with Gasteiger partial charge in [0.25, 0.3) is 5.95 Å². The first-order valence-electron chi connectivity index (χ1n) is 6.54. The lowest BCUT2D eigenvalue weighted by Crippen LogP contribution is -2.27.